The summed E-state index contributed by atoms with van der Waals surface area (Å²) in [6.45, 7) is 3.01. The van der Waals surface area contributed by atoms with Crippen molar-refractivity contribution in [3.05, 3.63) is 29.8 Å². The normalized spacial score (nSPS) is 12.4. The summed E-state index contributed by atoms with van der Waals surface area (Å²) in [6, 6.07) is 4.45. The number of rotatable bonds is 10. The van der Waals surface area contributed by atoms with Crippen molar-refractivity contribution >= 4 is 27.7 Å². The Bertz CT molecular complexity index is 727. The number of amides is 1. The molecule has 9 heteroatoms. The first kappa shape index (κ1) is 20.8. The Hall–Kier alpha value is -2.26. The lowest BCUT2D eigenvalue weighted by atomic mass is 10.1. The number of ketones is 1. The number of aliphatic carboxylic acids is 1. The summed E-state index contributed by atoms with van der Waals surface area (Å²) in [5.41, 5.74) is 0.397. The van der Waals surface area contributed by atoms with Gasteiger partial charge < -0.3 is 10.4 Å². The lowest BCUT2D eigenvalue weighted by Crippen LogP contribution is -2.41. The molecule has 0 bridgehead atoms. The van der Waals surface area contributed by atoms with Crippen molar-refractivity contribution in [3.8, 4) is 0 Å². The van der Waals surface area contributed by atoms with E-state index < -0.39 is 27.9 Å². The molecule has 0 aliphatic heterocycles. The quantitative estimate of drug-likeness (QED) is 0.525. The Kier molecular flexibility index (Phi) is 7.72. The van der Waals surface area contributed by atoms with E-state index in [2.05, 4.69) is 10.0 Å². The minimum absolute atomic E-state index is 0.0210. The highest BCUT2D eigenvalue weighted by Crippen LogP contribution is 2.11. The number of sulfonamides is 1. The van der Waals surface area contributed by atoms with E-state index >= 15 is 0 Å². The maximum atomic E-state index is 12.1. The summed E-state index contributed by atoms with van der Waals surface area (Å²) in [5.74, 6) is -1.84. The average Bonchev–Trinajstić information content (AvgIpc) is 2.54. The summed E-state index contributed by atoms with van der Waals surface area (Å²) in [4.78, 5) is 33.9. The third-order valence-electron chi connectivity index (χ3n) is 3.43. The molecule has 1 aromatic rings. The lowest BCUT2D eigenvalue weighted by molar-refractivity contribution is -0.142. The second kappa shape index (κ2) is 9.28. The molecule has 0 radical (unpaired) electrons. The van der Waals surface area contributed by atoms with Gasteiger partial charge in [0.05, 0.1) is 4.90 Å². The van der Waals surface area contributed by atoms with E-state index in [0.717, 1.165) is 0 Å². The highest BCUT2D eigenvalue weighted by atomic mass is 32.2. The largest absolute Gasteiger partial charge is 0.480 e. The summed E-state index contributed by atoms with van der Waals surface area (Å²) in [7, 11) is -3.81. The van der Waals surface area contributed by atoms with Crippen molar-refractivity contribution in [1.29, 1.82) is 0 Å². The number of hydrogen-bond acceptors (Lipinski definition) is 5. The van der Waals surface area contributed by atoms with Gasteiger partial charge >= 0.3 is 5.97 Å². The van der Waals surface area contributed by atoms with Gasteiger partial charge in [-0.05, 0) is 25.5 Å². The number of Topliss-reactive ketones (excluding diaryl/α,β-unsaturated/α-hetero) is 1. The monoisotopic (exact) mass is 370 g/mol. The summed E-state index contributed by atoms with van der Waals surface area (Å²) in [6.07, 6.45) is 0.716. The van der Waals surface area contributed by atoms with Crippen LogP contribution >= 0.6 is 0 Å². The fourth-order valence-corrected chi connectivity index (χ4v) is 3.10. The van der Waals surface area contributed by atoms with Crippen molar-refractivity contribution in [1.82, 2.24) is 10.0 Å². The van der Waals surface area contributed by atoms with Crippen LogP contribution in [-0.2, 0) is 19.6 Å². The molecule has 3 N–H and O–H groups in total. The van der Waals surface area contributed by atoms with Crippen LogP contribution in [0.5, 0.6) is 0 Å². The summed E-state index contributed by atoms with van der Waals surface area (Å²) < 4.78 is 26.5. The van der Waals surface area contributed by atoms with E-state index in [-0.39, 0.29) is 23.6 Å². The Labute approximate surface area is 146 Å². The number of carboxylic acids is 1. The maximum Gasteiger partial charge on any atom is 0.326 e. The van der Waals surface area contributed by atoms with Crippen LogP contribution in [0.1, 0.15) is 43.5 Å². The molecule has 8 nitrogen and oxygen atoms in total. The molecule has 1 aromatic carbocycles. The Morgan fingerprint density at radius 1 is 1.16 bits per heavy atom. The van der Waals surface area contributed by atoms with Crippen LogP contribution in [0.15, 0.2) is 29.2 Å². The van der Waals surface area contributed by atoms with Gasteiger partial charge in [-0.2, -0.15) is 0 Å². The van der Waals surface area contributed by atoms with Crippen molar-refractivity contribution in [2.75, 3.05) is 6.54 Å². The second-order valence-corrected chi connectivity index (χ2v) is 7.24. The van der Waals surface area contributed by atoms with Crippen molar-refractivity contribution in [3.63, 3.8) is 0 Å². The molecule has 0 aliphatic rings. The number of nitrogens with one attached hydrogen (secondary N) is 2. The zero-order valence-electron chi connectivity index (χ0n) is 14.1. The van der Waals surface area contributed by atoms with Crippen LogP contribution < -0.4 is 10.0 Å². The van der Waals surface area contributed by atoms with E-state index in [4.69, 9.17) is 5.11 Å². The van der Waals surface area contributed by atoms with Gasteiger partial charge in [-0.1, -0.05) is 25.5 Å². The standard InChI is InChI=1S/C16H22N2O6S/c1-3-4-14(16(21)22)18-15(20)9-10-17-25(23,24)13-7-5-12(6-8-13)11(2)19/h5-8,14,17H,3-4,9-10H2,1-2H3,(H,18,20)(H,21,22). The first-order valence-electron chi connectivity index (χ1n) is 7.80. The fraction of sp³-hybridized carbons (Fsp3) is 0.438. The molecule has 1 amide bonds. The molecule has 1 atom stereocenters. The first-order chi connectivity index (χ1) is 11.7. The molecular weight excluding hydrogens is 348 g/mol. The van der Waals surface area contributed by atoms with E-state index in [0.29, 0.717) is 18.4 Å². The van der Waals surface area contributed by atoms with Gasteiger partial charge in [0.25, 0.3) is 0 Å². The minimum Gasteiger partial charge on any atom is -0.480 e. The second-order valence-electron chi connectivity index (χ2n) is 5.48. The van der Waals surface area contributed by atoms with Crippen molar-refractivity contribution in [2.24, 2.45) is 0 Å². The predicted octanol–water partition coefficient (Wildman–Crippen LogP) is 0.927. The molecule has 0 spiro atoms. The van der Waals surface area contributed by atoms with Gasteiger partial charge in [0.15, 0.2) is 5.78 Å². The van der Waals surface area contributed by atoms with Gasteiger partial charge in [0.1, 0.15) is 6.04 Å². The molecule has 0 saturated heterocycles. The number of hydrogen-bond donors (Lipinski definition) is 3. The van der Waals surface area contributed by atoms with Crippen LogP contribution in [0.3, 0.4) is 0 Å². The van der Waals surface area contributed by atoms with Crippen molar-refractivity contribution in [2.45, 2.75) is 44.0 Å². The zero-order valence-corrected chi connectivity index (χ0v) is 14.9. The van der Waals surface area contributed by atoms with E-state index in [9.17, 15) is 22.8 Å². The van der Waals surface area contributed by atoms with Gasteiger partial charge in [-0.15, -0.1) is 0 Å². The number of carbonyl (C=O) groups excluding carboxylic acids is 2. The maximum absolute atomic E-state index is 12.1. The zero-order chi connectivity index (χ0) is 19.0. The van der Waals surface area contributed by atoms with Gasteiger partial charge in [0, 0.05) is 18.5 Å². The van der Waals surface area contributed by atoms with Crippen molar-refractivity contribution < 1.29 is 27.9 Å². The van der Waals surface area contributed by atoms with Crippen LogP contribution in [0.2, 0.25) is 0 Å². The van der Waals surface area contributed by atoms with Crippen LogP contribution in [-0.4, -0.2) is 43.8 Å². The third kappa shape index (κ3) is 6.63. The lowest BCUT2D eigenvalue weighted by Gasteiger charge is -2.13. The molecule has 0 aromatic heterocycles. The van der Waals surface area contributed by atoms with Crippen LogP contribution in [0.25, 0.3) is 0 Å². The Balaban J connectivity index is 2.57. The van der Waals surface area contributed by atoms with E-state index in [1.165, 1.54) is 31.2 Å². The van der Waals surface area contributed by atoms with Crippen LogP contribution in [0, 0.1) is 0 Å². The van der Waals surface area contributed by atoms with Crippen LogP contribution in [0.4, 0.5) is 0 Å². The molecule has 1 unspecified atom stereocenters. The number of benzene rings is 1. The smallest absolute Gasteiger partial charge is 0.326 e. The van der Waals surface area contributed by atoms with Gasteiger partial charge in [-0.25, -0.2) is 17.9 Å². The summed E-state index contributed by atoms with van der Waals surface area (Å²) >= 11 is 0. The Morgan fingerprint density at radius 2 is 1.76 bits per heavy atom. The molecule has 25 heavy (non-hydrogen) atoms. The molecule has 1 rings (SSSR count). The fourth-order valence-electron chi connectivity index (χ4n) is 2.06. The molecule has 138 valence electrons. The highest BCUT2D eigenvalue weighted by molar-refractivity contribution is 7.89. The molecule has 0 heterocycles. The summed E-state index contributed by atoms with van der Waals surface area (Å²) in [5, 5.41) is 11.3. The molecule has 0 aliphatic carbocycles. The average molecular weight is 370 g/mol. The van der Waals surface area contributed by atoms with Gasteiger partial charge in [-0.3, -0.25) is 9.59 Å². The highest BCUT2D eigenvalue weighted by Gasteiger charge is 2.19. The molecular formula is C16H22N2O6S. The predicted molar refractivity (Wildman–Crippen MR) is 90.7 cm³/mol. The molecule has 0 saturated carbocycles. The van der Waals surface area contributed by atoms with E-state index in [1.54, 1.807) is 6.92 Å². The number of carboxylic acid groups (broad SMARTS) is 1. The molecule has 0 fully saturated rings. The first-order valence-corrected chi connectivity index (χ1v) is 9.28. The SMILES string of the molecule is CCCC(NC(=O)CCNS(=O)(=O)c1ccc(C(C)=O)cc1)C(=O)O. The van der Waals surface area contributed by atoms with Gasteiger partial charge in [0.2, 0.25) is 15.9 Å². The minimum atomic E-state index is -3.81. The Morgan fingerprint density at radius 3 is 2.24 bits per heavy atom. The topological polar surface area (TPSA) is 130 Å². The third-order valence-corrected chi connectivity index (χ3v) is 4.90. The van der Waals surface area contributed by atoms with E-state index in [1.807, 2.05) is 0 Å². The number of carbonyl (C=O) groups is 3.